The fourth-order valence-electron chi connectivity index (χ4n) is 1.57. The molecule has 0 saturated carbocycles. The maximum Gasteiger partial charge on any atom is 0.267 e. The quantitative estimate of drug-likeness (QED) is 0.877. The van der Waals surface area contributed by atoms with Crippen LogP contribution >= 0.6 is 11.3 Å². The molecule has 0 aliphatic carbocycles. The first-order chi connectivity index (χ1) is 8.47. The number of nitrogens with two attached hydrogens (primary N) is 1. The van der Waals surface area contributed by atoms with Gasteiger partial charge >= 0.3 is 0 Å². The minimum absolute atomic E-state index is 0.281. The number of halogens is 1. The van der Waals surface area contributed by atoms with Gasteiger partial charge in [-0.1, -0.05) is 11.3 Å². The molecule has 2 rings (SSSR count). The van der Waals surface area contributed by atoms with E-state index in [1.807, 2.05) is 0 Å². The fraction of sp³-hybridized carbons (Fsp3) is 0.167. The van der Waals surface area contributed by atoms with Gasteiger partial charge in [0.1, 0.15) is 10.7 Å². The summed E-state index contributed by atoms with van der Waals surface area (Å²) in [5.41, 5.74) is 7.37. The molecule has 0 fully saturated rings. The summed E-state index contributed by atoms with van der Waals surface area (Å²) in [5, 5.41) is 3.07. The van der Waals surface area contributed by atoms with Crippen molar-refractivity contribution >= 4 is 28.1 Å². The minimum Gasteiger partial charge on any atom is -0.375 e. The molecule has 4 nitrogen and oxygen atoms in total. The number of aromatic nitrogens is 1. The Labute approximate surface area is 108 Å². The van der Waals surface area contributed by atoms with Gasteiger partial charge in [0.05, 0.1) is 5.69 Å². The lowest BCUT2D eigenvalue weighted by Gasteiger charge is -2.07. The molecule has 1 heterocycles. The molecule has 2 aromatic rings. The summed E-state index contributed by atoms with van der Waals surface area (Å²) in [7, 11) is 0. The summed E-state index contributed by atoms with van der Waals surface area (Å²) in [6.07, 6.45) is 0. The van der Waals surface area contributed by atoms with Crippen molar-refractivity contribution in [1.82, 2.24) is 4.98 Å². The lowest BCUT2D eigenvalue weighted by molar-refractivity contribution is 0.102. The maximum atomic E-state index is 12.9. The number of hydrogen-bond acceptors (Lipinski definition) is 4. The number of anilines is 2. The Morgan fingerprint density at radius 2 is 2.17 bits per heavy atom. The van der Waals surface area contributed by atoms with E-state index in [2.05, 4.69) is 10.3 Å². The van der Waals surface area contributed by atoms with E-state index in [0.29, 0.717) is 27.0 Å². The molecule has 0 saturated heterocycles. The number of thiazole rings is 1. The van der Waals surface area contributed by atoms with Crippen molar-refractivity contribution in [2.45, 2.75) is 13.8 Å². The van der Waals surface area contributed by atoms with Crippen molar-refractivity contribution in [2.75, 3.05) is 11.1 Å². The summed E-state index contributed by atoms with van der Waals surface area (Å²) in [6.45, 7) is 3.45. The van der Waals surface area contributed by atoms with E-state index < -0.39 is 0 Å². The van der Waals surface area contributed by atoms with Crippen molar-refractivity contribution in [1.29, 1.82) is 0 Å². The van der Waals surface area contributed by atoms with Crippen molar-refractivity contribution in [3.8, 4) is 0 Å². The van der Waals surface area contributed by atoms with Crippen LogP contribution in [0.3, 0.4) is 0 Å². The van der Waals surface area contributed by atoms with Crippen LogP contribution in [-0.4, -0.2) is 10.9 Å². The highest BCUT2D eigenvalue weighted by molar-refractivity contribution is 7.17. The van der Waals surface area contributed by atoms with Gasteiger partial charge in [0, 0.05) is 5.69 Å². The standard InChI is InChI=1S/C12H12FN3OS/c1-6-5-8(13)3-4-9(6)16-11(17)10-7(2)15-12(14)18-10/h3-5H,1-2H3,(H2,14,15)(H,16,17). The zero-order valence-corrected chi connectivity index (χ0v) is 10.8. The molecule has 3 N–H and O–H groups in total. The molecule has 0 aliphatic rings. The Balaban J connectivity index is 2.24. The summed E-state index contributed by atoms with van der Waals surface area (Å²) in [5.74, 6) is -0.611. The Morgan fingerprint density at radius 3 is 2.72 bits per heavy atom. The van der Waals surface area contributed by atoms with Gasteiger partial charge in [-0.15, -0.1) is 0 Å². The molecule has 18 heavy (non-hydrogen) atoms. The van der Waals surface area contributed by atoms with Crippen LogP contribution in [0.25, 0.3) is 0 Å². The van der Waals surface area contributed by atoms with E-state index in [9.17, 15) is 9.18 Å². The maximum absolute atomic E-state index is 12.9. The molecule has 0 unspecified atom stereocenters. The van der Waals surface area contributed by atoms with E-state index in [1.165, 1.54) is 18.2 Å². The average molecular weight is 265 g/mol. The zero-order chi connectivity index (χ0) is 13.3. The molecule has 1 aromatic carbocycles. The molecule has 0 aliphatic heterocycles. The van der Waals surface area contributed by atoms with Gasteiger partial charge in [-0.25, -0.2) is 9.37 Å². The van der Waals surface area contributed by atoms with Gasteiger partial charge in [0.25, 0.3) is 5.91 Å². The highest BCUT2D eigenvalue weighted by Crippen LogP contribution is 2.22. The van der Waals surface area contributed by atoms with Crippen LogP contribution in [0.5, 0.6) is 0 Å². The minimum atomic E-state index is -0.330. The molecule has 0 atom stereocenters. The van der Waals surface area contributed by atoms with E-state index >= 15 is 0 Å². The number of benzene rings is 1. The molecular weight excluding hydrogens is 253 g/mol. The number of nitrogens with one attached hydrogen (secondary N) is 1. The lowest BCUT2D eigenvalue weighted by Crippen LogP contribution is -2.12. The second-order valence-electron chi connectivity index (χ2n) is 3.88. The predicted octanol–water partition coefficient (Wildman–Crippen LogP) is 2.73. The number of aryl methyl sites for hydroxylation is 2. The number of rotatable bonds is 2. The van der Waals surface area contributed by atoms with Gasteiger partial charge in [-0.05, 0) is 37.6 Å². The molecule has 1 aromatic heterocycles. The summed E-state index contributed by atoms with van der Waals surface area (Å²) >= 11 is 1.13. The zero-order valence-electron chi connectivity index (χ0n) is 9.95. The molecule has 94 valence electrons. The first-order valence-electron chi connectivity index (χ1n) is 5.28. The average Bonchev–Trinajstić information content (AvgIpc) is 2.62. The van der Waals surface area contributed by atoms with Crippen molar-refractivity contribution < 1.29 is 9.18 Å². The van der Waals surface area contributed by atoms with Gasteiger partial charge in [0.15, 0.2) is 5.13 Å². The Kier molecular flexibility index (Phi) is 3.29. The third-order valence-corrected chi connectivity index (χ3v) is 3.44. The smallest absolute Gasteiger partial charge is 0.267 e. The Bertz CT molecular complexity index is 609. The summed E-state index contributed by atoms with van der Waals surface area (Å²) < 4.78 is 12.9. The first-order valence-corrected chi connectivity index (χ1v) is 6.09. The second-order valence-corrected chi connectivity index (χ2v) is 4.91. The predicted molar refractivity (Wildman–Crippen MR) is 70.4 cm³/mol. The molecule has 6 heteroatoms. The van der Waals surface area contributed by atoms with Crippen LogP contribution in [0.1, 0.15) is 20.9 Å². The monoisotopic (exact) mass is 265 g/mol. The van der Waals surface area contributed by atoms with Crippen molar-refractivity contribution in [2.24, 2.45) is 0 Å². The highest BCUT2D eigenvalue weighted by Gasteiger charge is 2.15. The molecule has 0 spiro atoms. The first kappa shape index (κ1) is 12.5. The topological polar surface area (TPSA) is 68.0 Å². The normalized spacial score (nSPS) is 10.4. The number of amides is 1. The number of carbonyl (C=O) groups excluding carboxylic acids is 1. The fourth-order valence-corrected chi connectivity index (χ4v) is 2.30. The third kappa shape index (κ3) is 2.48. The van der Waals surface area contributed by atoms with Gasteiger partial charge < -0.3 is 11.1 Å². The molecule has 1 amide bonds. The van der Waals surface area contributed by atoms with E-state index in [4.69, 9.17) is 5.73 Å². The largest absolute Gasteiger partial charge is 0.375 e. The number of hydrogen-bond donors (Lipinski definition) is 2. The molecule has 0 bridgehead atoms. The van der Waals surface area contributed by atoms with E-state index in [1.54, 1.807) is 13.8 Å². The Hall–Kier alpha value is -1.95. The van der Waals surface area contributed by atoms with Gasteiger partial charge in [0.2, 0.25) is 0 Å². The number of carbonyl (C=O) groups is 1. The van der Waals surface area contributed by atoms with Crippen LogP contribution < -0.4 is 11.1 Å². The van der Waals surface area contributed by atoms with E-state index in [0.717, 1.165) is 11.3 Å². The van der Waals surface area contributed by atoms with Crippen LogP contribution in [-0.2, 0) is 0 Å². The van der Waals surface area contributed by atoms with Crippen LogP contribution in [0.4, 0.5) is 15.2 Å². The highest BCUT2D eigenvalue weighted by atomic mass is 32.1. The number of nitrogen functional groups attached to an aromatic ring is 1. The SMILES string of the molecule is Cc1cc(F)ccc1NC(=O)c1sc(N)nc1C. The Morgan fingerprint density at radius 1 is 1.44 bits per heavy atom. The van der Waals surface area contributed by atoms with Crippen molar-refractivity contribution in [3.63, 3.8) is 0 Å². The summed E-state index contributed by atoms with van der Waals surface area (Å²) in [6, 6.07) is 4.20. The van der Waals surface area contributed by atoms with Gasteiger partial charge in [-0.3, -0.25) is 4.79 Å². The van der Waals surface area contributed by atoms with Gasteiger partial charge in [-0.2, -0.15) is 0 Å². The molecule has 0 radical (unpaired) electrons. The summed E-state index contributed by atoms with van der Waals surface area (Å²) in [4.78, 5) is 16.4. The van der Waals surface area contributed by atoms with Crippen LogP contribution in [0.15, 0.2) is 18.2 Å². The van der Waals surface area contributed by atoms with Crippen molar-refractivity contribution in [3.05, 3.63) is 40.2 Å². The van der Waals surface area contributed by atoms with Crippen LogP contribution in [0, 0.1) is 19.7 Å². The lowest BCUT2D eigenvalue weighted by atomic mass is 10.2. The number of nitrogens with zero attached hydrogens (tertiary/aromatic N) is 1. The van der Waals surface area contributed by atoms with Crippen LogP contribution in [0.2, 0.25) is 0 Å². The second kappa shape index (κ2) is 4.73. The third-order valence-electron chi connectivity index (χ3n) is 2.46. The molecular formula is C12H12FN3OS. The van der Waals surface area contributed by atoms with E-state index in [-0.39, 0.29) is 11.7 Å².